The third-order valence-corrected chi connectivity index (χ3v) is 2.61. The van der Waals surface area contributed by atoms with E-state index >= 15 is 0 Å². The van der Waals surface area contributed by atoms with Crippen molar-refractivity contribution in [1.29, 1.82) is 0 Å². The molecule has 2 aromatic rings. The van der Waals surface area contributed by atoms with Gasteiger partial charge in [0.2, 0.25) is 0 Å². The summed E-state index contributed by atoms with van der Waals surface area (Å²) in [5.41, 5.74) is 0.0879. The van der Waals surface area contributed by atoms with Gasteiger partial charge in [0.05, 0.1) is 24.6 Å². The van der Waals surface area contributed by atoms with Crippen LogP contribution in [0.5, 0.6) is 5.75 Å². The van der Waals surface area contributed by atoms with Crippen molar-refractivity contribution in [2.45, 2.75) is 6.54 Å². The first-order valence-corrected chi connectivity index (χ1v) is 5.88. The van der Waals surface area contributed by atoms with Gasteiger partial charge in [-0.15, -0.1) is 0 Å². The van der Waals surface area contributed by atoms with Crippen molar-refractivity contribution < 1.29 is 23.8 Å². The summed E-state index contributed by atoms with van der Waals surface area (Å²) in [7, 11) is 1.25. The Morgan fingerprint density at radius 3 is 2.90 bits per heavy atom. The Balaban J connectivity index is 2.07. The number of aromatic nitrogens is 2. The molecule has 8 heteroatoms. The lowest BCUT2D eigenvalue weighted by atomic mass is 10.2. The Bertz CT molecular complexity index is 684. The van der Waals surface area contributed by atoms with Gasteiger partial charge in [-0.05, 0) is 12.1 Å². The number of aromatic hydroxyl groups is 1. The summed E-state index contributed by atoms with van der Waals surface area (Å²) in [5.74, 6) is -2.28. The molecule has 1 amide bonds. The standard InChI is InChI=1S/C13H12FN3O4/c1-21-12(19)7-17-6-8(5-15-17)16-13(20)10-3-2-9(18)4-11(10)14/h2-6,18H,7H2,1H3,(H,16,20). The molecule has 0 fully saturated rings. The molecule has 1 aromatic carbocycles. The third kappa shape index (κ3) is 3.56. The molecule has 0 saturated carbocycles. The second-order valence-corrected chi connectivity index (χ2v) is 4.12. The molecule has 2 rings (SSSR count). The molecule has 0 bridgehead atoms. The molecular formula is C13H12FN3O4. The quantitative estimate of drug-likeness (QED) is 0.825. The number of nitrogens with one attached hydrogen (secondary N) is 1. The number of phenols is 1. The number of hydrogen-bond acceptors (Lipinski definition) is 5. The summed E-state index contributed by atoms with van der Waals surface area (Å²) in [6, 6.07) is 3.22. The molecule has 0 spiro atoms. The van der Waals surface area contributed by atoms with Crippen LogP contribution in [0.1, 0.15) is 10.4 Å². The van der Waals surface area contributed by atoms with Gasteiger partial charge in [0, 0.05) is 12.3 Å². The lowest BCUT2D eigenvalue weighted by Crippen LogP contribution is -2.14. The third-order valence-electron chi connectivity index (χ3n) is 2.61. The maximum Gasteiger partial charge on any atom is 0.327 e. The number of esters is 1. The van der Waals surface area contributed by atoms with Gasteiger partial charge in [0.1, 0.15) is 18.1 Å². The molecule has 0 atom stereocenters. The van der Waals surface area contributed by atoms with E-state index in [-0.39, 0.29) is 17.9 Å². The zero-order valence-corrected chi connectivity index (χ0v) is 11.0. The van der Waals surface area contributed by atoms with Crippen LogP contribution in [0.25, 0.3) is 0 Å². The Morgan fingerprint density at radius 1 is 1.48 bits per heavy atom. The summed E-state index contributed by atoms with van der Waals surface area (Å²) in [6.45, 7) is -0.0973. The molecule has 0 aliphatic carbocycles. The molecule has 0 saturated heterocycles. The maximum atomic E-state index is 13.5. The van der Waals surface area contributed by atoms with Crippen LogP contribution in [0.2, 0.25) is 0 Å². The van der Waals surface area contributed by atoms with E-state index in [1.165, 1.54) is 36.3 Å². The Kier molecular flexibility index (Phi) is 4.17. The van der Waals surface area contributed by atoms with Crippen molar-refractivity contribution >= 4 is 17.6 Å². The molecule has 7 nitrogen and oxygen atoms in total. The fraction of sp³-hybridized carbons (Fsp3) is 0.154. The number of benzene rings is 1. The zero-order chi connectivity index (χ0) is 15.4. The fourth-order valence-electron chi connectivity index (χ4n) is 1.60. The van der Waals surface area contributed by atoms with E-state index < -0.39 is 17.7 Å². The van der Waals surface area contributed by atoms with Gasteiger partial charge in [-0.2, -0.15) is 5.10 Å². The summed E-state index contributed by atoms with van der Waals surface area (Å²) in [4.78, 5) is 22.9. The molecule has 0 aliphatic heterocycles. The normalized spacial score (nSPS) is 10.2. The summed E-state index contributed by atoms with van der Waals surface area (Å²) >= 11 is 0. The Hall–Kier alpha value is -2.90. The van der Waals surface area contributed by atoms with Crippen LogP contribution >= 0.6 is 0 Å². The predicted octanol–water partition coefficient (Wildman–Crippen LogP) is 1.15. The van der Waals surface area contributed by atoms with Crippen molar-refractivity contribution in [3.8, 4) is 5.75 Å². The highest BCUT2D eigenvalue weighted by molar-refractivity contribution is 6.04. The average molecular weight is 293 g/mol. The van der Waals surface area contributed by atoms with Gasteiger partial charge in [-0.1, -0.05) is 0 Å². The van der Waals surface area contributed by atoms with Crippen LogP contribution in [0.3, 0.4) is 0 Å². The minimum Gasteiger partial charge on any atom is -0.508 e. The van der Waals surface area contributed by atoms with Gasteiger partial charge in [0.25, 0.3) is 5.91 Å². The van der Waals surface area contributed by atoms with Crippen molar-refractivity contribution in [3.05, 3.63) is 42.0 Å². The van der Waals surface area contributed by atoms with Crippen LogP contribution in [-0.4, -0.2) is 33.9 Å². The van der Waals surface area contributed by atoms with Crippen molar-refractivity contribution in [2.75, 3.05) is 12.4 Å². The highest BCUT2D eigenvalue weighted by Gasteiger charge is 2.13. The first-order chi connectivity index (χ1) is 9.99. The minimum absolute atomic E-state index is 0.0973. The monoisotopic (exact) mass is 293 g/mol. The van der Waals surface area contributed by atoms with Crippen LogP contribution in [0.4, 0.5) is 10.1 Å². The molecule has 1 aromatic heterocycles. The van der Waals surface area contributed by atoms with Crippen LogP contribution < -0.4 is 5.32 Å². The number of rotatable bonds is 4. The maximum absolute atomic E-state index is 13.5. The van der Waals surface area contributed by atoms with Crippen molar-refractivity contribution in [3.63, 3.8) is 0 Å². The van der Waals surface area contributed by atoms with E-state index in [0.717, 1.165) is 6.07 Å². The lowest BCUT2D eigenvalue weighted by Gasteiger charge is -2.04. The molecule has 2 N–H and O–H groups in total. The van der Waals surface area contributed by atoms with E-state index in [9.17, 15) is 14.0 Å². The van der Waals surface area contributed by atoms with Crippen LogP contribution in [0, 0.1) is 5.82 Å². The number of carbonyl (C=O) groups is 2. The Morgan fingerprint density at radius 2 is 2.24 bits per heavy atom. The average Bonchev–Trinajstić information content (AvgIpc) is 2.85. The van der Waals surface area contributed by atoms with Crippen molar-refractivity contribution in [1.82, 2.24) is 9.78 Å². The molecular weight excluding hydrogens is 281 g/mol. The number of halogens is 1. The van der Waals surface area contributed by atoms with Crippen LogP contribution in [0.15, 0.2) is 30.6 Å². The van der Waals surface area contributed by atoms with E-state index in [2.05, 4.69) is 15.2 Å². The molecule has 21 heavy (non-hydrogen) atoms. The molecule has 0 radical (unpaired) electrons. The SMILES string of the molecule is COC(=O)Cn1cc(NC(=O)c2ccc(O)cc2F)cn1. The first-order valence-electron chi connectivity index (χ1n) is 5.88. The number of phenolic OH excluding ortho intramolecular Hbond substituents is 1. The number of nitrogens with zero attached hydrogens (tertiary/aromatic N) is 2. The topological polar surface area (TPSA) is 93.5 Å². The predicted molar refractivity (Wildman–Crippen MR) is 70.3 cm³/mol. The summed E-state index contributed by atoms with van der Waals surface area (Å²) in [5, 5.41) is 15.4. The van der Waals surface area contributed by atoms with E-state index in [1.54, 1.807) is 0 Å². The smallest absolute Gasteiger partial charge is 0.327 e. The first kappa shape index (κ1) is 14.5. The van der Waals surface area contributed by atoms with Crippen LogP contribution in [-0.2, 0) is 16.1 Å². The summed E-state index contributed by atoms with van der Waals surface area (Å²) < 4.78 is 19.3. The molecule has 1 heterocycles. The van der Waals surface area contributed by atoms with Gasteiger partial charge in [-0.3, -0.25) is 14.3 Å². The minimum atomic E-state index is -0.838. The zero-order valence-electron chi connectivity index (χ0n) is 11.0. The highest BCUT2D eigenvalue weighted by Crippen LogP contribution is 2.16. The second-order valence-electron chi connectivity index (χ2n) is 4.12. The molecule has 0 aliphatic rings. The lowest BCUT2D eigenvalue weighted by molar-refractivity contribution is -0.141. The fourth-order valence-corrected chi connectivity index (χ4v) is 1.60. The van der Waals surface area contributed by atoms with E-state index in [0.29, 0.717) is 5.69 Å². The Labute approximate surface area is 119 Å². The van der Waals surface area contributed by atoms with Gasteiger partial charge >= 0.3 is 5.97 Å². The van der Waals surface area contributed by atoms with E-state index in [4.69, 9.17) is 5.11 Å². The number of ether oxygens (including phenoxy) is 1. The molecule has 0 unspecified atom stereocenters. The number of amides is 1. The highest BCUT2D eigenvalue weighted by atomic mass is 19.1. The van der Waals surface area contributed by atoms with Gasteiger partial charge < -0.3 is 15.2 Å². The van der Waals surface area contributed by atoms with Crippen molar-refractivity contribution in [2.24, 2.45) is 0 Å². The second kappa shape index (κ2) is 6.04. The van der Waals surface area contributed by atoms with Gasteiger partial charge in [0.15, 0.2) is 0 Å². The molecule has 110 valence electrons. The number of anilines is 1. The van der Waals surface area contributed by atoms with E-state index in [1.807, 2.05) is 0 Å². The number of carbonyl (C=O) groups excluding carboxylic acids is 2. The van der Waals surface area contributed by atoms with Gasteiger partial charge in [-0.25, -0.2) is 4.39 Å². The summed E-state index contributed by atoms with van der Waals surface area (Å²) in [6.07, 6.45) is 2.73. The largest absolute Gasteiger partial charge is 0.508 e. The number of hydrogen-bond donors (Lipinski definition) is 2. The number of methoxy groups -OCH3 is 1.